The third-order valence-corrected chi connectivity index (χ3v) is 3.23. The lowest BCUT2D eigenvalue weighted by atomic mass is 10.1. The van der Waals surface area contributed by atoms with Gasteiger partial charge in [-0.2, -0.15) is 5.26 Å². The Morgan fingerprint density at radius 3 is 2.29 bits per heavy atom. The van der Waals surface area contributed by atoms with Crippen molar-refractivity contribution in [3.63, 3.8) is 0 Å². The summed E-state index contributed by atoms with van der Waals surface area (Å²) in [6, 6.07) is 5.02. The molecular weight excluding hydrogens is 312 g/mol. The third-order valence-electron chi connectivity index (χ3n) is 3.23. The largest absolute Gasteiger partial charge is 0.465 e. The van der Waals surface area contributed by atoms with Crippen LogP contribution in [0.4, 0.5) is 15.3 Å². The quantitative estimate of drug-likeness (QED) is 0.635. The second kappa shape index (κ2) is 8.53. The molecule has 8 heteroatoms. The summed E-state index contributed by atoms with van der Waals surface area (Å²) in [6.07, 6.45) is 1.08. The van der Waals surface area contributed by atoms with Crippen molar-refractivity contribution in [3.8, 4) is 6.19 Å². The number of carbonyl (C=O) groups excluding carboxylic acids is 2. The van der Waals surface area contributed by atoms with Crippen LogP contribution in [0.5, 0.6) is 0 Å². The van der Waals surface area contributed by atoms with Crippen LogP contribution in [-0.2, 0) is 0 Å². The molecule has 0 saturated heterocycles. The van der Waals surface area contributed by atoms with E-state index in [9.17, 15) is 14.4 Å². The molecule has 0 aliphatic heterocycles. The van der Waals surface area contributed by atoms with Gasteiger partial charge in [-0.05, 0) is 36.6 Å². The van der Waals surface area contributed by atoms with Crippen molar-refractivity contribution in [2.24, 2.45) is 5.92 Å². The van der Waals surface area contributed by atoms with E-state index < -0.39 is 18.0 Å². The highest BCUT2D eigenvalue weighted by molar-refractivity contribution is 6.04. The highest BCUT2D eigenvalue weighted by Crippen LogP contribution is 2.14. The molecule has 2 N–H and O–H groups in total. The third kappa shape index (κ3) is 5.28. The fourth-order valence-corrected chi connectivity index (χ4v) is 1.87. The number of amides is 4. The van der Waals surface area contributed by atoms with Gasteiger partial charge in [-0.1, -0.05) is 13.8 Å². The van der Waals surface area contributed by atoms with Gasteiger partial charge >= 0.3 is 12.1 Å². The molecule has 0 radical (unpaired) electrons. The van der Waals surface area contributed by atoms with E-state index in [0.29, 0.717) is 12.1 Å². The maximum absolute atomic E-state index is 12.6. The molecule has 0 unspecified atom stereocenters. The molecule has 0 saturated carbocycles. The molecule has 0 aliphatic rings. The maximum Gasteiger partial charge on any atom is 0.409 e. The molecule has 1 rings (SSSR count). The number of hydrogen-bond acceptors (Lipinski definition) is 4. The second-order valence-corrected chi connectivity index (χ2v) is 5.59. The van der Waals surface area contributed by atoms with Gasteiger partial charge in [0, 0.05) is 24.8 Å². The van der Waals surface area contributed by atoms with Gasteiger partial charge in [-0.25, -0.2) is 14.5 Å². The summed E-state index contributed by atoms with van der Waals surface area (Å²) in [4.78, 5) is 37.2. The Morgan fingerprint density at radius 2 is 1.83 bits per heavy atom. The molecule has 0 aliphatic carbocycles. The van der Waals surface area contributed by atoms with Crippen LogP contribution in [0.1, 0.15) is 30.6 Å². The SMILES string of the molecule is CC(C)CCN(C(=O)c1ccc(NC(=O)O)cc1)C(=O)N(C)C#N. The van der Waals surface area contributed by atoms with Crippen LogP contribution < -0.4 is 5.32 Å². The van der Waals surface area contributed by atoms with E-state index in [4.69, 9.17) is 10.4 Å². The predicted molar refractivity (Wildman–Crippen MR) is 87.4 cm³/mol. The van der Waals surface area contributed by atoms with E-state index in [1.54, 1.807) is 6.19 Å². The van der Waals surface area contributed by atoms with Crippen LogP contribution in [0.25, 0.3) is 0 Å². The summed E-state index contributed by atoms with van der Waals surface area (Å²) < 4.78 is 0. The molecule has 0 aromatic heterocycles. The predicted octanol–water partition coefficient (Wildman–Crippen LogP) is 2.80. The highest BCUT2D eigenvalue weighted by atomic mass is 16.4. The Kier molecular flexibility index (Phi) is 6.74. The summed E-state index contributed by atoms with van der Waals surface area (Å²) in [7, 11) is 1.29. The van der Waals surface area contributed by atoms with Crippen LogP contribution in [0.2, 0.25) is 0 Å². The van der Waals surface area contributed by atoms with E-state index in [1.165, 1.54) is 31.3 Å². The second-order valence-electron chi connectivity index (χ2n) is 5.59. The van der Waals surface area contributed by atoms with E-state index in [-0.39, 0.29) is 18.0 Å². The molecule has 0 fully saturated rings. The first-order valence-corrected chi connectivity index (χ1v) is 7.35. The summed E-state index contributed by atoms with van der Waals surface area (Å²) >= 11 is 0. The average Bonchev–Trinajstić information content (AvgIpc) is 2.53. The van der Waals surface area contributed by atoms with Gasteiger partial charge in [0.05, 0.1) is 0 Å². The Labute approximate surface area is 140 Å². The van der Waals surface area contributed by atoms with Crippen LogP contribution in [0.3, 0.4) is 0 Å². The van der Waals surface area contributed by atoms with Gasteiger partial charge in [0.1, 0.15) is 0 Å². The zero-order valence-electron chi connectivity index (χ0n) is 13.8. The van der Waals surface area contributed by atoms with Crippen LogP contribution in [0.15, 0.2) is 24.3 Å². The molecular formula is C16H20N4O4. The molecule has 0 heterocycles. The molecule has 1 aromatic carbocycles. The number of rotatable bonds is 5. The Hall–Kier alpha value is -3.08. The Morgan fingerprint density at radius 1 is 1.25 bits per heavy atom. The van der Waals surface area contributed by atoms with E-state index in [1.807, 2.05) is 13.8 Å². The number of nitrogens with one attached hydrogen (secondary N) is 1. The van der Waals surface area contributed by atoms with Crippen molar-refractivity contribution < 1.29 is 19.5 Å². The number of urea groups is 1. The van der Waals surface area contributed by atoms with E-state index in [0.717, 1.165) is 9.80 Å². The molecule has 8 nitrogen and oxygen atoms in total. The minimum absolute atomic E-state index is 0.191. The molecule has 1 aromatic rings. The highest BCUT2D eigenvalue weighted by Gasteiger charge is 2.25. The van der Waals surface area contributed by atoms with Crippen molar-refractivity contribution in [1.82, 2.24) is 9.80 Å². The van der Waals surface area contributed by atoms with Gasteiger partial charge in [-0.3, -0.25) is 15.0 Å². The fourth-order valence-electron chi connectivity index (χ4n) is 1.87. The summed E-state index contributed by atoms with van der Waals surface area (Å²) in [5.74, 6) is -0.257. The lowest BCUT2D eigenvalue weighted by molar-refractivity contribution is 0.0776. The van der Waals surface area contributed by atoms with Crippen molar-refractivity contribution in [2.45, 2.75) is 20.3 Å². The summed E-state index contributed by atoms with van der Waals surface area (Å²) in [5, 5.41) is 19.7. The first-order chi connectivity index (χ1) is 11.3. The van der Waals surface area contributed by atoms with Crippen LogP contribution in [0, 0.1) is 17.4 Å². The number of carbonyl (C=O) groups is 3. The van der Waals surface area contributed by atoms with E-state index >= 15 is 0 Å². The first kappa shape index (κ1) is 19.0. The minimum Gasteiger partial charge on any atom is -0.465 e. The molecule has 24 heavy (non-hydrogen) atoms. The number of imide groups is 1. The molecule has 0 atom stereocenters. The van der Waals surface area contributed by atoms with Crippen molar-refractivity contribution in [3.05, 3.63) is 29.8 Å². The van der Waals surface area contributed by atoms with Gasteiger partial charge in [0.2, 0.25) is 0 Å². The minimum atomic E-state index is -1.21. The normalized spacial score (nSPS) is 9.96. The topological polar surface area (TPSA) is 114 Å². The number of benzene rings is 1. The summed E-state index contributed by atoms with van der Waals surface area (Å²) in [5.41, 5.74) is 0.544. The Balaban J connectivity index is 3.00. The number of carboxylic acid groups (broad SMARTS) is 1. The zero-order chi connectivity index (χ0) is 18.3. The average molecular weight is 332 g/mol. The number of nitriles is 1. The zero-order valence-corrected chi connectivity index (χ0v) is 13.8. The fraction of sp³-hybridized carbons (Fsp3) is 0.375. The molecule has 4 amide bonds. The van der Waals surface area contributed by atoms with Crippen LogP contribution >= 0.6 is 0 Å². The molecule has 0 bridgehead atoms. The first-order valence-electron chi connectivity index (χ1n) is 7.35. The lowest BCUT2D eigenvalue weighted by Gasteiger charge is -2.23. The monoisotopic (exact) mass is 332 g/mol. The number of hydrogen-bond donors (Lipinski definition) is 2. The van der Waals surface area contributed by atoms with Crippen LogP contribution in [-0.4, -0.2) is 46.5 Å². The lowest BCUT2D eigenvalue weighted by Crippen LogP contribution is -2.43. The molecule has 128 valence electrons. The summed E-state index contributed by atoms with van der Waals surface area (Å²) in [6.45, 7) is 4.12. The smallest absolute Gasteiger partial charge is 0.409 e. The number of nitrogens with zero attached hydrogens (tertiary/aromatic N) is 3. The van der Waals surface area contributed by atoms with Crippen molar-refractivity contribution in [1.29, 1.82) is 5.26 Å². The standard InChI is InChI=1S/C16H20N4O4/c1-11(2)8-9-20(16(24)19(3)10-17)14(21)12-4-6-13(7-5-12)18-15(22)23/h4-7,11,18H,8-9H2,1-3H3,(H,22,23). The van der Waals surface area contributed by atoms with Gasteiger partial charge in [0.15, 0.2) is 6.19 Å². The van der Waals surface area contributed by atoms with Crippen molar-refractivity contribution >= 4 is 23.7 Å². The Bertz CT molecular complexity index is 649. The van der Waals surface area contributed by atoms with Gasteiger partial charge < -0.3 is 5.11 Å². The van der Waals surface area contributed by atoms with Gasteiger partial charge in [0.25, 0.3) is 5.91 Å². The van der Waals surface area contributed by atoms with E-state index in [2.05, 4.69) is 5.32 Å². The maximum atomic E-state index is 12.6. The van der Waals surface area contributed by atoms with Gasteiger partial charge in [-0.15, -0.1) is 0 Å². The number of anilines is 1. The molecule has 0 spiro atoms. The van der Waals surface area contributed by atoms with Crippen molar-refractivity contribution in [2.75, 3.05) is 18.9 Å².